The van der Waals surface area contributed by atoms with Crippen LogP contribution >= 0.6 is 0 Å². The third-order valence-corrected chi connectivity index (χ3v) is 2.98. The number of para-hydroxylation sites is 1. The molecule has 0 fully saturated rings. The van der Waals surface area contributed by atoms with E-state index in [9.17, 15) is 4.39 Å². The minimum Gasteiger partial charge on any atom is -0.423 e. The minimum atomic E-state index is -1.64. The van der Waals surface area contributed by atoms with Crippen molar-refractivity contribution in [3.8, 4) is 0 Å². The Hall–Kier alpha value is -1.85. The van der Waals surface area contributed by atoms with Crippen molar-refractivity contribution in [3.63, 3.8) is 0 Å². The first kappa shape index (κ1) is 13.6. The molecule has 0 saturated carbocycles. The molecule has 2 rings (SSSR count). The van der Waals surface area contributed by atoms with Crippen LogP contribution in [0, 0.1) is 5.82 Å². The molecule has 0 heterocycles. The van der Waals surface area contributed by atoms with Gasteiger partial charge in [-0.15, -0.1) is 0 Å². The topological polar surface area (TPSA) is 43.7 Å². The maximum absolute atomic E-state index is 13.8. The lowest BCUT2D eigenvalue weighted by molar-refractivity contribution is 0.425. The van der Waals surface area contributed by atoms with Gasteiger partial charge in [0, 0.05) is 24.8 Å². The van der Waals surface area contributed by atoms with Crippen molar-refractivity contribution < 1.29 is 14.4 Å². The van der Waals surface area contributed by atoms with Gasteiger partial charge in [0.2, 0.25) is 0 Å². The summed E-state index contributed by atoms with van der Waals surface area (Å²) >= 11 is 0. The van der Waals surface area contributed by atoms with E-state index in [2.05, 4.69) is 0 Å². The first-order valence-corrected chi connectivity index (χ1v) is 5.98. The zero-order chi connectivity index (χ0) is 13.8. The number of anilines is 1. The summed E-state index contributed by atoms with van der Waals surface area (Å²) in [5.74, 6) is -0.437. The highest BCUT2D eigenvalue weighted by Crippen LogP contribution is 2.15. The molecule has 2 aromatic rings. The van der Waals surface area contributed by atoms with Gasteiger partial charge in [0.1, 0.15) is 5.82 Å². The van der Waals surface area contributed by atoms with Crippen LogP contribution < -0.4 is 10.4 Å². The number of hydrogen-bond donors (Lipinski definition) is 2. The number of benzene rings is 2. The van der Waals surface area contributed by atoms with Crippen molar-refractivity contribution >= 4 is 18.3 Å². The van der Waals surface area contributed by atoms with E-state index in [4.69, 9.17) is 10.0 Å². The molecule has 0 saturated heterocycles. The molecule has 0 spiro atoms. The van der Waals surface area contributed by atoms with E-state index in [1.165, 1.54) is 6.07 Å². The summed E-state index contributed by atoms with van der Waals surface area (Å²) in [6, 6.07) is 13.9. The molecule has 2 aromatic carbocycles. The van der Waals surface area contributed by atoms with Crippen molar-refractivity contribution in [2.45, 2.75) is 6.54 Å². The summed E-state index contributed by atoms with van der Waals surface area (Å²) < 4.78 is 13.8. The molecule has 5 heteroatoms. The molecule has 0 radical (unpaired) electrons. The molecular formula is C14H15BFNO2. The van der Waals surface area contributed by atoms with Crippen LogP contribution in [0.2, 0.25) is 0 Å². The molecule has 0 aromatic heterocycles. The second kappa shape index (κ2) is 5.86. The van der Waals surface area contributed by atoms with Crippen LogP contribution in [0.25, 0.3) is 0 Å². The largest absolute Gasteiger partial charge is 0.488 e. The van der Waals surface area contributed by atoms with Crippen molar-refractivity contribution in [2.24, 2.45) is 0 Å². The summed E-state index contributed by atoms with van der Waals surface area (Å²) in [6.45, 7) is 0.414. The lowest BCUT2D eigenvalue weighted by atomic mass is 9.80. The summed E-state index contributed by atoms with van der Waals surface area (Å²) in [4.78, 5) is 1.92. The van der Waals surface area contributed by atoms with Crippen molar-refractivity contribution in [1.29, 1.82) is 0 Å². The van der Waals surface area contributed by atoms with Crippen LogP contribution in [0.4, 0.5) is 10.1 Å². The summed E-state index contributed by atoms with van der Waals surface area (Å²) in [6.07, 6.45) is 0. The zero-order valence-electron chi connectivity index (χ0n) is 10.6. The molecule has 19 heavy (non-hydrogen) atoms. The van der Waals surface area contributed by atoms with Crippen LogP contribution in [0.1, 0.15) is 5.56 Å². The highest BCUT2D eigenvalue weighted by atomic mass is 19.1. The van der Waals surface area contributed by atoms with E-state index in [0.717, 1.165) is 11.8 Å². The Morgan fingerprint density at radius 3 is 2.37 bits per heavy atom. The molecule has 0 atom stereocenters. The first-order valence-electron chi connectivity index (χ1n) is 5.98. The third kappa shape index (κ3) is 3.33. The Bertz CT molecular complexity index is 548. The van der Waals surface area contributed by atoms with Crippen LogP contribution in [-0.4, -0.2) is 24.2 Å². The Balaban J connectivity index is 2.15. The van der Waals surface area contributed by atoms with Crippen molar-refractivity contribution in [1.82, 2.24) is 0 Å². The average molecular weight is 259 g/mol. The first-order chi connectivity index (χ1) is 9.08. The standard InChI is InChI=1S/C14H15BFNO2/c1-17(13-5-3-2-4-6-13)10-11-7-8-12(15(18)19)9-14(11)16/h2-9,18-19H,10H2,1H3. The highest BCUT2D eigenvalue weighted by molar-refractivity contribution is 6.58. The zero-order valence-corrected chi connectivity index (χ0v) is 10.6. The predicted molar refractivity (Wildman–Crippen MR) is 74.8 cm³/mol. The van der Waals surface area contributed by atoms with E-state index in [1.54, 1.807) is 6.07 Å². The lowest BCUT2D eigenvalue weighted by Gasteiger charge is -2.19. The SMILES string of the molecule is CN(Cc1ccc(B(O)O)cc1F)c1ccccc1. The highest BCUT2D eigenvalue weighted by Gasteiger charge is 2.14. The Kier molecular flexibility index (Phi) is 4.19. The van der Waals surface area contributed by atoms with Crippen LogP contribution in [0.3, 0.4) is 0 Å². The molecule has 0 bridgehead atoms. The van der Waals surface area contributed by atoms with E-state index in [1.807, 2.05) is 42.3 Å². The molecule has 0 aliphatic carbocycles. The van der Waals surface area contributed by atoms with Crippen molar-refractivity contribution in [3.05, 3.63) is 59.9 Å². The monoisotopic (exact) mass is 259 g/mol. The predicted octanol–water partition coefficient (Wildman–Crippen LogP) is 1.14. The molecule has 0 amide bonds. The van der Waals surface area contributed by atoms with Gasteiger partial charge < -0.3 is 14.9 Å². The average Bonchev–Trinajstić information content (AvgIpc) is 2.41. The fourth-order valence-electron chi connectivity index (χ4n) is 1.88. The van der Waals surface area contributed by atoms with E-state index in [0.29, 0.717) is 12.1 Å². The van der Waals surface area contributed by atoms with Gasteiger partial charge in [-0.25, -0.2) is 4.39 Å². The summed E-state index contributed by atoms with van der Waals surface area (Å²) in [5.41, 5.74) is 1.66. The molecule has 0 aliphatic heterocycles. The van der Waals surface area contributed by atoms with E-state index < -0.39 is 12.9 Å². The van der Waals surface area contributed by atoms with Gasteiger partial charge >= 0.3 is 7.12 Å². The second-order valence-corrected chi connectivity index (χ2v) is 4.42. The van der Waals surface area contributed by atoms with Gasteiger partial charge in [0.05, 0.1) is 0 Å². The number of halogens is 1. The summed E-state index contributed by atoms with van der Waals surface area (Å²) in [5, 5.41) is 18.0. The maximum atomic E-state index is 13.8. The quantitative estimate of drug-likeness (QED) is 0.809. The molecule has 98 valence electrons. The minimum absolute atomic E-state index is 0.156. The molecule has 0 unspecified atom stereocenters. The van der Waals surface area contributed by atoms with Gasteiger partial charge in [0.25, 0.3) is 0 Å². The van der Waals surface area contributed by atoms with Gasteiger partial charge in [-0.2, -0.15) is 0 Å². The fraction of sp³-hybridized carbons (Fsp3) is 0.143. The van der Waals surface area contributed by atoms with E-state index >= 15 is 0 Å². The number of hydrogen-bond acceptors (Lipinski definition) is 3. The van der Waals surface area contributed by atoms with Crippen LogP contribution in [0.15, 0.2) is 48.5 Å². The lowest BCUT2D eigenvalue weighted by Crippen LogP contribution is -2.30. The van der Waals surface area contributed by atoms with Crippen LogP contribution in [0.5, 0.6) is 0 Å². The molecule has 3 nitrogen and oxygen atoms in total. The molecular weight excluding hydrogens is 244 g/mol. The number of rotatable bonds is 4. The van der Waals surface area contributed by atoms with Gasteiger partial charge in [0.15, 0.2) is 0 Å². The molecule has 0 aliphatic rings. The second-order valence-electron chi connectivity index (χ2n) is 4.42. The number of nitrogens with zero attached hydrogens (tertiary/aromatic N) is 1. The van der Waals surface area contributed by atoms with Crippen LogP contribution in [-0.2, 0) is 6.54 Å². The van der Waals surface area contributed by atoms with Gasteiger partial charge in [-0.3, -0.25) is 0 Å². The van der Waals surface area contributed by atoms with Gasteiger partial charge in [-0.1, -0.05) is 30.3 Å². The summed E-state index contributed by atoms with van der Waals surface area (Å²) in [7, 11) is 0.235. The fourth-order valence-corrected chi connectivity index (χ4v) is 1.88. The third-order valence-electron chi connectivity index (χ3n) is 2.98. The smallest absolute Gasteiger partial charge is 0.423 e. The Morgan fingerprint density at radius 2 is 1.79 bits per heavy atom. The normalized spacial score (nSPS) is 10.3. The molecule has 2 N–H and O–H groups in total. The van der Waals surface area contributed by atoms with Gasteiger partial charge in [-0.05, 0) is 23.7 Å². The van der Waals surface area contributed by atoms with E-state index in [-0.39, 0.29) is 5.46 Å². The van der Waals surface area contributed by atoms with Crippen molar-refractivity contribution in [2.75, 3.05) is 11.9 Å². The maximum Gasteiger partial charge on any atom is 0.488 e. The Morgan fingerprint density at radius 1 is 1.11 bits per heavy atom. The Labute approximate surface area is 112 Å².